The molecule has 0 radical (unpaired) electrons. The van der Waals surface area contributed by atoms with Crippen molar-refractivity contribution in [2.75, 3.05) is 20.3 Å². The minimum Gasteiger partial charge on any atom is -0.462 e. The first-order valence-electron chi connectivity index (χ1n) is 25.7. The molecule has 0 aromatic rings. The normalized spacial score (nSPS) is 13.1. The fraction of sp³-hybridized carbons (Fsp3) is 0.960. The van der Waals surface area contributed by atoms with E-state index in [-0.39, 0.29) is 25.6 Å². The maximum atomic E-state index is 12.6. The molecule has 0 aliphatic carbocycles. The Bertz CT molecular complexity index is 931. The maximum Gasteiger partial charge on any atom is 0.472 e. The molecule has 0 amide bonds. The molecule has 8 nitrogen and oxygen atoms in total. The number of carbonyl (C=O) groups excluding carboxylic acids is 2. The molecule has 2 atom stereocenters. The van der Waals surface area contributed by atoms with Gasteiger partial charge in [0.2, 0.25) is 0 Å². The summed E-state index contributed by atoms with van der Waals surface area (Å²) in [5.74, 6) is -0.780. The van der Waals surface area contributed by atoms with Crippen molar-refractivity contribution in [3.05, 3.63) is 0 Å². The second-order valence-electron chi connectivity index (χ2n) is 17.7. The maximum absolute atomic E-state index is 12.6. The molecule has 2 unspecified atom stereocenters. The van der Waals surface area contributed by atoms with E-state index in [1.54, 1.807) is 0 Å². The summed E-state index contributed by atoms with van der Waals surface area (Å²) in [6, 6.07) is 0. The van der Waals surface area contributed by atoms with Gasteiger partial charge in [0, 0.05) is 20.0 Å². The van der Waals surface area contributed by atoms with Gasteiger partial charge in [0.25, 0.3) is 0 Å². The molecule has 0 saturated heterocycles. The Hall–Kier alpha value is -0.950. The van der Waals surface area contributed by atoms with Crippen LogP contribution in [-0.4, -0.2) is 43.3 Å². The molecule has 0 heterocycles. The van der Waals surface area contributed by atoms with Crippen molar-refractivity contribution in [3.63, 3.8) is 0 Å². The van der Waals surface area contributed by atoms with Crippen molar-refractivity contribution in [1.29, 1.82) is 0 Å². The number of ether oxygens (including phenoxy) is 2. The summed E-state index contributed by atoms with van der Waals surface area (Å²) >= 11 is 0. The number of hydrogen-bond acceptors (Lipinski definition) is 7. The molecule has 352 valence electrons. The van der Waals surface area contributed by atoms with Crippen LogP contribution in [0.1, 0.15) is 284 Å². The number of rotatable bonds is 49. The lowest BCUT2D eigenvalue weighted by molar-refractivity contribution is -0.161. The number of phosphoric acid groups is 1. The summed E-state index contributed by atoms with van der Waals surface area (Å²) in [6.45, 7) is 3.95. The van der Waals surface area contributed by atoms with Crippen molar-refractivity contribution in [2.45, 2.75) is 290 Å². The second-order valence-corrected chi connectivity index (χ2v) is 19.2. The summed E-state index contributed by atoms with van der Waals surface area (Å²) in [5, 5.41) is 0. The average Bonchev–Trinajstić information content (AvgIpc) is 3.23. The fourth-order valence-corrected chi connectivity index (χ4v) is 8.36. The third-order valence-corrected chi connectivity index (χ3v) is 12.8. The van der Waals surface area contributed by atoms with E-state index >= 15 is 0 Å². The van der Waals surface area contributed by atoms with Gasteiger partial charge in [0.1, 0.15) is 6.61 Å². The second kappa shape index (κ2) is 46.6. The van der Waals surface area contributed by atoms with Gasteiger partial charge in [-0.1, -0.05) is 258 Å². The van der Waals surface area contributed by atoms with Crippen LogP contribution in [0.2, 0.25) is 0 Å². The molecule has 0 aliphatic heterocycles. The van der Waals surface area contributed by atoms with E-state index in [9.17, 15) is 19.0 Å². The molecule has 0 aliphatic rings. The summed E-state index contributed by atoms with van der Waals surface area (Å²) in [4.78, 5) is 34.6. The molecule has 0 fully saturated rings. The van der Waals surface area contributed by atoms with Crippen LogP contribution in [0.4, 0.5) is 0 Å². The van der Waals surface area contributed by atoms with Gasteiger partial charge >= 0.3 is 19.8 Å². The zero-order valence-corrected chi connectivity index (χ0v) is 40.3. The van der Waals surface area contributed by atoms with Gasteiger partial charge < -0.3 is 14.4 Å². The monoisotopic (exact) mass is 859 g/mol. The lowest BCUT2D eigenvalue weighted by Crippen LogP contribution is -2.29. The van der Waals surface area contributed by atoms with E-state index in [0.29, 0.717) is 6.42 Å². The minimum atomic E-state index is -4.26. The third-order valence-electron chi connectivity index (χ3n) is 11.9. The highest BCUT2D eigenvalue weighted by Crippen LogP contribution is 2.42. The molecule has 0 aromatic heterocycles. The molecule has 0 spiro atoms. The number of carbonyl (C=O) groups is 2. The summed E-state index contributed by atoms with van der Waals surface area (Å²) < 4.78 is 32.2. The SMILES string of the molecule is CCCCCCCCCCCCCCCCCCCCCCCCC(=O)OC(COC(=O)CCCCCCCCCCCCCCCCCCCC)COP(=O)(O)OC. The highest BCUT2D eigenvalue weighted by atomic mass is 31.2. The standard InChI is InChI=1S/C50H99O8P/c1-4-6-8-10-12-14-16-18-20-22-24-25-26-27-29-31-33-35-37-39-41-43-45-50(52)58-48(47-57-59(53,54)55-3)46-56-49(51)44-42-40-38-36-34-32-30-28-23-21-19-17-15-13-11-9-7-5-2/h48H,4-47H2,1-3H3,(H,53,54). The van der Waals surface area contributed by atoms with Crippen LogP contribution in [0.3, 0.4) is 0 Å². The van der Waals surface area contributed by atoms with Crippen LogP contribution < -0.4 is 0 Å². The van der Waals surface area contributed by atoms with Gasteiger partial charge in [-0.3, -0.25) is 18.6 Å². The molecular formula is C50H99O8P. The quantitative estimate of drug-likeness (QED) is 0.0366. The lowest BCUT2D eigenvalue weighted by Gasteiger charge is -2.19. The van der Waals surface area contributed by atoms with E-state index < -0.39 is 19.9 Å². The van der Waals surface area contributed by atoms with Crippen LogP contribution in [0.15, 0.2) is 0 Å². The van der Waals surface area contributed by atoms with E-state index in [2.05, 4.69) is 18.4 Å². The van der Waals surface area contributed by atoms with Gasteiger partial charge in [-0.05, 0) is 12.8 Å². The van der Waals surface area contributed by atoms with E-state index in [1.807, 2.05) is 0 Å². The summed E-state index contributed by atoms with van der Waals surface area (Å²) in [6.07, 6.45) is 51.7. The molecule has 0 rings (SSSR count). The van der Waals surface area contributed by atoms with Crippen LogP contribution in [-0.2, 0) is 32.7 Å². The highest BCUT2D eigenvalue weighted by molar-refractivity contribution is 7.47. The zero-order chi connectivity index (χ0) is 43.2. The van der Waals surface area contributed by atoms with Crippen molar-refractivity contribution in [2.24, 2.45) is 0 Å². The smallest absolute Gasteiger partial charge is 0.462 e. The third kappa shape index (κ3) is 46.4. The molecule has 0 bridgehead atoms. The first kappa shape index (κ1) is 58.0. The fourth-order valence-electron chi connectivity index (χ4n) is 7.90. The van der Waals surface area contributed by atoms with Crippen molar-refractivity contribution in [3.8, 4) is 0 Å². The Kier molecular flexibility index (Phi) is 45.8. The number of hydrogen-bond donors (Lipinski definition) is 1. The van der Waals surface area contributed by atoms with Gasteiger partial charge in [-0.15, -0.1) is 0 Å². The highest BCUT2D eigenvalue weighted by Gasteiger charge is 2.24. The number of unbranched alkanes of at least 4 members (excludes halogenated alkanes) is 38. The van der Waals surface area contributed by atoms with Crippen molar-refractivity contribution < 1.29 is 37.6 Å². The van der Waals surface area contributed by atoms with Crippen LogP contribution in [0.5, 0.6) is 0 Å². The first-order valence-corrected chi connectivity index (χ1v) is 27.2. The Labute approximate surface area is 366 Å². The zero-order valence-electron chi connectivity index (χ0n) is 39.4. The largest absolute Gasteiger partial charge is 0.472 e. The van der Waals surface area contributed by atoms with E-state index in [1.165, 1.54) is 218 Å². The first-order chi connectivity index (χ1) is 28.8. The average molecular weight is 859 g/mol. The molecule has 1 N–H and O–H groups in total. The predicted molar refractivity (Wildman–Crippen MR) is 249 cm³/mol. The minimum absolute atomic E-state index is 0.216. The molecular weight excluding hydrogens is 760 g/mol. The van der Waals surface area contributed by atoms with Gasteiger partial charge in [-0.2, -0.15) is 0 Å². The summed E-state index contributed by atoms with van der Waals surface area (Å²) in [5.41, 5.74) is 0. The van der Waals surface area contributed by atoms with E-state index in [4.69, 9.17) is 14.0 Å². The van der Waals surface area contributed by atoms with Crippen LogP contribution in [0.25, 0.3) is 0 Å². The molecule has 59 heavy (non-hydrogen) atoms. The molecule has 0 saturated carbocycles. The molecule has 9 heteroatoms. The topological polar surface area (TPSA) is 108 Å². The van der Waals surface area contributed by atoms with Gasteiger partial charge in [0.05, 0.1) is 6.61 Å². The Morgan fingerprint density at radius 2 is 0.661 bits per heavy atom. The number of phosphoric ester groups is 1. The van der Waals surface area contributed by atoms with Crippen molar-refractivity contribution in [1.82, 2.24) is 0 Å². The van der Waals surface area contributed by atoms with Crippen molar-refractivity contribution >= 4 is 19.8 Å². The Morgan fingerprint density at radius 3 is 0.932 bits per heavy atom. The van der Waals surface area contributed by atoms with Crippen LogP contribution >= 0.6 is 7.82 Å². The predicted octanol–water partition coefficient (Wildman–Crippen LogP) is 16.6. The van der Waals surface area contributed by atoms with Crippen LogP contribution in [0, 0.1) is 0 Å². The van der Waals surface area contributed by atoms with Gasteiger partial charge in [0.15, 0.2) is 6.10 Å². The van der Waals surface area contributed by atoms with Gasteiger partial charge in [-0.25, -0.2) is 4.57 Å². The Morgan fingerprint density at radius 1 is 0.407 bits per heavy atom. The number of esters is 2. The molecule has 0 aromatic carbocycles. The lowest BCUT2D eigenvalue weighted by atomic mass is 10.0. The Balaban J connectivity index is 3.83. The summed E-state index contributed by atoms with van der Waals surface area (Å²) in [7, 11) is -3.19. The van der Waals surface area contributed by atoms with E-state index in [0.717, 1.165) is 45.6 Å².